The van der Waals surface area contributed by atoms with E-state index < -0.39 is 0 Å². The first-order valence-corrected chi connectivity index (χ1v) is 8.08. The fourth-order valence-electron chi connectivity index (χ4n) is 2.92. The summed E-state index contributed by atoms with van der Waals surface area (Å²) in [7, 11) is 5.02. The third-order valence-electron chi connectivity index (χ3n) is 4.35. The predicted molar refractivity (Wildman–Crippen MR) is 95.4 cm³/mol. The van der Waals surface area contributed by atoms with Gasteiger partial charge < -0.3 is 19.3 Å². The third kappa shape index (κ3) is 3.65. The van der Waals surface area contributed by atoms with E-state index >= 15 is 0 Å². The summed E-state index contributed by atoms with van der Waals surface area (Å²) in [6.07, 6.45) is 1.52. The van der Waals surface area contributed by atoms with E-state index in [1.807, 2.05) is 31.2 Å². The van der Waals surface area contributed by atoms with Gasteiger partial charge in [0.1, 0.15) is 17.2 Å². The average molecular weight is 330 g/mol. The summed E-state index contributed by atoms with van der Waals surface area (Å²) in [6, 6.07) is 8.01. The molecular weight excluding hydrogens is 304 g/mol. The Morgan fingerprint density at radius 2 is 1.25 bits per heavy atom. The molecule has 2 rings (SSSR count). The second-order valence-electron chi connectivity index (χ2n) is 5.75. The van der Waals surface area contributed by atoms with Crippen LogP contribution in [0, 0.1) is 6.92 Å². The Kier molecular flexibility index (Phi) is 6.10. The van der Waals surface area contributed by atoms with Crippen molar-refractivity contribution >= 4 is 0 Å². The predicted octanol–water partition coefficient (Wildman–Crippen LogP) is 3.67. The van der Waals surface area contributed by atoms with Crippen LogP contribution in [0.4, 0.5) is 0 Å². The van der Waals surface area contributed by atoms with Gasteiger partial charge in [0.25, 0.3) is 0 Å². The zero-order chi connectivity index (χ0) is 17.7. The van der Waals surface area contributed by atoms with E-state index in [1.165, 1.54) is 0 Å². The number of hydrogen-bond acceptors (Lipinski definition) is 4. The molecule has 0 amide bonds. The second-order valence-corrected chi connectivity index (χ2v) is 5.75. The van der Waals surface area contributed by atoms with Gasteiger partial charge in [-0.25, -0.2) is 0 Å². The molecule has 0 fully saturated rings. The molecule has 0 atom stereocenters. The quantitative estimate of drug-likeness (QED) is 0.841. The van der Waals surface area contributed by atoms with Crippen molar-refractivity contribution < 1.29 is 19.3 Å². The molecule has 1 N–H and O–H groups in total. The molecule has 2 aromatic rings. The van der Waals surface area contributed by atoms with Gasteiger partial charge in [0.2, 0.25) is 0 Å². The molecule has 24 heavy (non-hydrogen) atoms. The van der Waals surface area contributed by atoms with Crippen LogP contribution in [0.2, 0.25) is 0 Å². The van der Waals surface area contributed by atoms with E-state index in [2.05, 4.69) is 6.92 Å². The normalized spacial score (nSPS) is 10.6. The highest BCUT2D eigenvalue weighted by Gasteiger charge is 2.14. The van der Waals surface area contributed by atoms with E-state index in [0.717, 1.165) is 51.5 Å². The molecule has 0 spiro atoms. The van der Waals surface area contributed by atoms with Gasteiger partial charge in [-0.05, 0) is 59.9 Å². The van der Waals surface area contributed by atoms with Crippen molar-refractivity contribution in [2.45, 2.75) is 33.3 Å². The molecule has 0 unspecified atom stereocenters. The summed E-state index contributed by atoms with van der Waals surface area (Å²) in [5.74, 6) is 2.51. The van der Waals surface area contributed by atoms with Crippen LogP contribution in [0.5, 0.6) is 17.2 Å². The van der Waals surface area contributed by atoms with Crippen molar-refractivity contribution in [1.29, 1.82) is 0 Å². The summed E-state index contributed by atoms with van der Waals surface area (Å²) in [4.78, 5) is 0. The number of methoxy groups -OCH3 is 3. The highest BCUT2D eigenvalue weighted by atomic mass is 16.5. The summed E-state index contributed by atoms with van der Waals surface area (Å²) in [5.41, 5.74) is 5.07. The van der Waals surface area contributed by atoms with E-state index in [9.17, 15) is 5.11 Å². The van der Waals surface area contributed by atoms with Crippen molar-refractivity contribution in [1.82, 2.24) is 0 Å². The van der Waals surface area contributed by atoms with Crippen LogP contribution in [0.25, 0.3) is 0 Å². The molecule has 0 saturated heterocycles. The van der Waals surface area contributed by atoms with Gasteiger partial charge in [0, 0.05) is 12.0 Å². The molecule has 4 nitrogen and oxygen atoms in total. The van der Waals surface area contributed by atoms with E-state index in [1.54, 1.807) is 21.3 Å². The number of aliphatic hydroxyl groups excluding tert-OH is 1. The number of benzene rings is 2. The van der Waals surface area contributed by atoms with Crippen molar-refractivity contribution in [3.8, 4) is 17.2 Å². The zero-order valence-electron chi connectivity index (χ0n) is 15.1. The molecule has 0 bridgehead atoms. The van der Waals surface area contributed by atoms with Gasteiger partial charge in [0.15, 0.2) is 0 Å². The lowest BCUT2D eigenvalue weighted by molar-refractivity contribution is 0.280. The molecule has 0 aliphatic heterocycles. The molecule has 0 radical (unpaired) electrons. The number of rotatable bonds is 7. The molecule has 2 aromatic carbocycles. The molecular formula is C20H26O4. The summed E-state index contributed by atoms with van der Waals surface area (Å²) in [5, 5.41) is 9.54. The summed E-state index contributed by atoms with van der Waals surface area (Å²) in [6.45, 7) is 4.07. The van der Waals surface area contributed by atoms with Crippen molar-refractivity contribution in [3.05, 3.63) is 52.1 Å². The maximum atomic E-state index is 9.54. The summed E-state index contributed by atoms with van der Waals surface area (Å²) >= 11 is 0. The van der Waals surface area contributed by atoms with Crippen LogP contribution < -0.4 is 14.2 Å². The standard InChI is InChI=1S/C20H26O4/c1-6-14-10-20(24-5)16(11-19(14)23-4)8-15-9-17(12-21)13(2)7-18(15)22-3/h7,9-11,21H,6,8,12H2,1-5H3. The van der Waals surface area contributed by atoms with E-state index in [-0.39, 0.29) is 6.61 Å². The molecule has 0 saturated carbocycles. The Morgan fingerprint density at radius 3 is 1.79 bits per heavy atom. The maximum absolute atomic E-state index is 9.54. The van der Waals surface area contributed by atoms with Crippen molar-refractivity contribution in [2.75, 3.05) is 21.3 Å². The Balaban J connectivity index is 2.50. The number of aliphatic hydroxyl groups is 1. The van der Waals surface area contributed by atoms with Crippen LogP contribution in [0.1, 0.15) is 34.7 Å². The Hall–Kier alpha value is -2.20. The van der Waals surface area contributed by atoms with Gasteiger partial charge in [-0.15, -0.1) is 0 Å². The lowest BCUT2D eigenvalue weighted by Crippen LogP contribution is -2.02. The SMILES string of the molecule is CCc1cc(OC)c(Cc2cc(CO)c(C)cc2OC)cc1OC. The smallest absolute Gasteiger partial charge is 0.122 e. The Labute approximate surface area is 144 Å². The molecule has 0 aliphatic carbocycles. The first-order chi connectivity index (χ1) is 11.6. The molecule has 4 heteroatoms. The highest BCUT2D eigenvalue weighted by molar-refractivity contribution is 5.51. The van der Waals surface area contributed by atoms with Gasteiger partial charge in [-0.3, -0.25) is 0 Å². The fraction of sp³-hybridized carbons (Fsp3) is 0.400. The van der Waals surface area contributed by atoms with Crippen LogP contribution in [0.3, 0.4) is 0 Å². The Bertz CT molecular complexity index is 707. The summed E-state index contributed by atoms with van der Waals surface area (Å²) < 4.78 is 16.6. The van der Waals surface area contributed by atoms with Crippen molar-refractivity contribution in [3.63, 3.8) is 0 Å². The minimum atomic E-state index is 0.0120. The van der Waals surface area contributed by atoms with Gasteiger partial charge in [-0.1, -0.05) is 6.92 Å². The molecule has 0 aliphatic rings. The van der Waals surface area contributed by atoms with Gasteiger partial charge >= 0.3 is 0 Å². The van der Waals surface area contributed by atoms with Crippen LogP contribution in [-0.4, -0.2) is 26.4 Å². The monoisotopic (exact) mass is 330 g/mol. The minimum absolute atomic E-state index is 0.0120. The molecule has 130 valence electrons. The van der Waals surface area contributed by atoms with Gasteiger partial charge in [0.05, 0.1) is 27.9 Å². The van der Waals surface area contributed by atoms with Crippen molar-refractivity contribution in [2.24, 2.45) is 0 Å². The second kappa shape index (κ2) is 8.06. The highest BCUT2D eigenvalue weighted by Crippen LogP contribution is 2.33. The first-order valence-electron chi connectivity index (χ1n) is 8.08. The minimum Gasteiger partial charge on any atom is -0.496 e. The maximum Gasteiger partial charge on any atom is 0.122 e. The zero-order valence-corrected chi connectivity index (χ0v) is 15.1. The van der Waals surface area contributed by atoms with Crippen LogP contribution in [0.15, 0.2) is 24.3 Å². The van der Waals surface area contributed by atoms with E-state index in [4.69, 9.17) is 14.2 Å². The van der Waals surface area contributed by atoms with E-state index in [0.29, 0.717) is 6.42 Å². The van der Waals surface area contributed by atoms with Crippen LogP contribution >= 0.6 is 0 Å². The third-order valence-corrected chi connectivity index (χ3v) is 4.35. The van der Waals surface area contributed by atoms with Crippen LogP contribution in [-0.2, 0) is 19.4 Å². The molecule has 0 aromatic heterocycles. The average Bonchev–Trinajstić information content (AvgIpc) is 2.62. The number of hydrogen-bond donors (Lipinski definition) is 1. The van der Waals surface area contributed by atoms with Gasteiger partial charge in [-0.2, -0.15) is 0 Å². The Morgan fingerprint density at radius 1 is 0.750 bits per heavy atom. The lowest BCUT2D eigenvalue weighted by atomic mass is 9.96. The fourth-order valence-corrected chi connectivity index (χ4v) is 2.92. The largest absolute Gasteiger partial charge is 0.496 e. The number of aryl methyl sites for hydroxylation is 2. The molecule has 0 heterocycles. The topological polar surface area (TPSA) is 47.9 Å². The lowest BCUT2D eigenvalue weighted by Gasteiger charge is -2.17. The first kappa shape index (κ1) is 18.1. The number of ether oxygens (including phenoxy) is 3.